The maximum Gasteiger partial charge on any atom is 0.328 e. The lowest BCUT2D eigenvalue weighted by molar-refractivity contribution is -0.134. The van der Waals surface area contributed by atoms with E-state index < -0.39 is 11.9 Å². The van der Waals surface area contributed by atoms with Crippen LogP contribution in [0.5, 0.6) is 0 Å². The van der Waals surface area contributed by atoms with Gasteiger partial charge in [-0.25, -0.2) is 9.59 Å². The minimum absolute atomic E-state index is 0. The molecule has 0 fully saturated rings. The number of hydrogen-bond acceptors (Lipinski definition) is 2. The van der Waals surface area contributed by atoms with Crippen molar-refractivity contribution in [1.82, 2.24) is 0 Å². The molecule has 0 aliphatic heterocycles. The van der Waals surface area contributed by atoms with Gasteiger partial charge in [-0.3, -0.25) is 0 Å². The molecule has 0 aliphatic carbocycles. The second kappa shape index (κ2) is 11.4. The lowest BCUT2D eigenvalue weighted by Gasteiger charge is -1.74. The van der Waals surface area contributed by atoms with Crippen molar-refractivity contribution in [1.29, 1.82) is 0 Å². The quantitative estimate of drug-likeness (QED) is 0.428. The summed E-state index contributed by atoms with van der Waals surface area (Å²) in [7, 11) is 0. The van der Waals surface area contributed by atoms with Gasteiger partial charge in [-0.15, -0.1) is 0 Å². The van der Waals surface area contributed by atoms with Gasteiger partial charge in [0, 0.05) is 12.2 Å². The summed E-state index contributed by atoms with van der Waals surface area (Å²) in [5.74, 6) is -2.51. The molecule has 0 heterocycles. The van der Waals surface area contributed by atoms with Crippen LogP contribution in [-0.4, -0.2) is 38.6 Å². The van der Waals surface area contributed by atoms with Crippen LogP contribution in [-0.2, 0) is 9.59 Å². The minimum Gasteiger partial charge on any atom is -0.478 e. The number of hydrogen-bond donors (Lipinski definition) is 2. The summed E-state index contributed by atoms with van der Waals surface area (Å²) in [5, 5.41) is 15.6. The first kappa shape index (κ1) is 22.7. The summed E-state index contributed by atoms with van der Waals surface area (Å²) in [5.41, 5.74) is 0. The lowest BCUT2D eigenvalue weighted by atomic mass is 10.5. The van der Waals surface area contributed by atoms with Crippen molar-refractivity contribution in [3.63, 3.8) is 0 Å². The van der Waals surface area contributed by atoms with E-state index in [1.807, 2.05) is 0 Å². The molecule has 7 nitrogen and oxygen atoms in total. The smallest absolute Gasteiger partial charge is 0.328 e. The molecule has 0 saturated heterocycles. The molecule has 0 unspecified atom stereocenters. The predicted molar refractivity (Wildman–Crippen MR) is 35.3 cm³/mol. The summed E-state index contributed by atoms with van der Waals surface area (Å²) in [6, 6.07) is 0. The third kappa shape index (κ3) is 29.1. The van der Waals surface area contributed by atoms with Crippen molar-refractivity contribution >= 4 is 11.9 Å². The summed E-state index contributed by atoms with van der Waals surface area (Å²) < 4.78 is 0. The van der Waals surface area contributed by atoms with Crippen LogP contribution in [0.3, 0.4) is 0 Å². The van der Waals surface area contributed by atoms with Crippen LogP contribution in [0.15, 0.2) is 12.2 Å². The third-order valence-corrected chi connectivity index (χ3v) is 0.368. The number of aliphatic carboxylic acids is 2. The van der Waals surface area contributed by atoms with E-state index in [-0.39, 0.29) is 16.4 Å². The van der Waals surface area contributed by atoms with Gasteiger partial charge in [0.1, 0.15) is 0 Å². The van der Waals surface area contributed by atoms with Crippen molar-refractivity contribution in [2.75, 3.05) is 0 Å². The fourth-order valence-corrected chi connectivity index (χ4v) is 0.143. The molecular formula is C4H10O7. The number of carbonyl (C=O) groups is 2. The van der Waals surface area contributed by atoms with Crippen molar-refractivity contribution in [2.45, 2.75) is 0 Å². The third-order valence-electron chi connectivity index (χ3n) is 0.368. The Balaban J connectivity index is -0.0000000817. The first-order valence-electron chi connectivity index (χ1n) is 1.77. The second-order valence-electron chi connectivity index (χ2n) is 1.01. The molecule has 0 aromatic carbocycles. The van der Waals surface area contributed by atoms with Crippen LogP contribution >= 0.6 is 0 Å². The summed E-state index contributed by atoms with van der Waals surface area (Å²) in [4.78, 5) is 19.1. The van der Waals surface area contributed by atoms with Crippen LogP contribution in [0.4, 0.5) is 0 Å². The van der Waals surface area contributed by atoms with Gasteiger partial charge >= 0.3 is 11.9 Å². The van der Waals surface area contributed by atoms with Crippen LogP contribution in [0, 0.1) is 0 Å². The molecular weight excluding hydrogens is 160 g/mol. The van der Waals surface area contributed by atoms with E-state index in [0.29, 0.717) is 12.2 Å². The Labute approximate surface area is 61.5 Å². The SMILES string of the molecule is O.O.O.O=C(O)/C=C\C(=O)O. The Kier molecular flexibility index (Phi) is 23.4. The van der Waals surface area contributed by atoms with Crippen LogP contribution < -0.4 is 0 Å². The zero-order chi connectivity index (χ0) is 6.57. The topological polar surface area (TPSA) is 169 Å². The Morgan fingerprint density at radius 3 is 1.09 bits per heavy atom. The number of carboxylic acids is 2. The van der Waals surface area contributed by atoms with E-state index in [1.54, 1.807) is 0 Å². The van der Waals surface area contributed by atoms with Crippen molar-refractivity contribution in [3.8, 4) is 0 Å². The standard InChI is InChI=1S/C4H4O4.3H2O/c5-3(6)1-2-4(7)8;;;/h1-2H,(H,5,6)(H,7,8);3*1H2/b2-1-;;;. The van der Waals surface area contributed by atoms with E-state index in [4.69, 9.17) is 10.2 Å². The molecule has 68 valence electrons. The zero-order valence-electron chi connectivity index (χ0n) is 5.37. The molecule has 0 bridgehead atoms. The van der Waals surface area contributed by atoms with Crippen LogP contribution in [0.2, 0.25) is 0 Å². The minimum atomic E-state index is -1.26. The molecule has 11 heavy (non-hydrogen) atoms. The maximum atomic E-state index is 9.55. The van der Waals surface area contributed by atoms with Gasteiger partial charge in [0.25, 0.3) is 0 Å². The molecule has 0 radical (unpaired) electrons. The highest BCUT2D eigenvalue weighted by Gasteiger charge is 1.88. The average Bonchev–Trinajstić information content (AvgIpc) is 1.61. The van der Waals surface area contributed by atoms with Crippen molar-refractivity contribution in [2.24, 2.45) is 0 Å². The van der Waals surface area contributed by atoms with E-state index in [0.717, 1.165) is 0 Å². The monoisotopic (exact) mass is 170 g/mol. The molecule has 0 atom stereocenters. The Hall–Kier alpha value is -1.44. The van der Waals surface area contributed by atoms with Gasteiger partial charge in [0.2, 0.25) is 0 Å². The Morgan fingerprint density at radius 2 is 1.00 bits per heavy atom. The summed E-state index contributed by atoms with van der Waals surface area (Å²) >= 11 is 0. The first-order chi connectivity index (χ1) is 3.63. The normalized spacial score (nSPS) is 6.91. The van der Waals surface area contributed by atoms with Crippen LogP contribution in [0.1, 0.15) is 0 Å². The highest BCUT2D eigenvalue weighted by molar-refractivity contribution is 5.89. The fourth-order valence-electron chi connectivity index (χ4n) is 0.143. The molecule has 0 amide bonds. The Morgan fingerprint density at radius 1 is 0.818 bits per heavy atom. The lowest BCUT2D eigenvalue weighted by Crippen LogP contribution is -1.91. The largest absolute Gasteiger partial charge is 0.478 e. The molecule has 0 aromatic heterocycles. The van der Waals surface area contributed by atoms with E-state index in [1.165, 1.54) is 0 Å². The van der Waals surface area contributed by atoms with E-state index >= 15 is 0 Å². The van der Waals surface area contributed by atoms with Gasteiger partial charge in [-0.1, -0.05) is 0 Å². The van der Waals surface area contributed by atoms with Gasteiger partial charge in [0.15, 0.2) is 0 Å². The predicted octanol–water partition coefficient (Wildman–Crippen LogP) is -2.76. The van der Waals surface area contributed by atoms with Crippen molar-refractivity contribution in [3.05, 3.63) is 12.2 Å². The first-order valence-corrected chi connectivity index (χ1v) is 1.77. The highest BCUT2D eigenvalue weighted by atomic mass is 16.4. The van der Waals surface area contributed by atoms with Gasteiger partial charge in [0.05, 0.1) is 0 Å². The Bertz CT molecular complexity index is 121. The second-order valence-corrected chi connectivity index (χ2v) is 1.01. The zero-order valence-corrected chi connectivity index (χ0v) is 5.37. The van der Waals surface area contributed by atoms with E-state index in [9.17, 15) is 9.59 Å². The molecule has 0 aliphatic rings. The van der Waals surface area contributed by atoms with E-state index in [2.05, 4.69) is 0 Å². The maximum absolute atomic E-state index is 9.55. The molecule has 7 heteroatoms. The average molecular weight is 170 g/mol. The fraction of sp³-hybridized carbons (Fsp3) is 0. The van der Waals surface area contributed by atoms with Gasteiger partial charge < -0.3 is 26.6 Å². The summed E-state index contributed by atoms with van der Waals surface area (Å²) in [6.45, 7) is 0. The highest BCUT2D eigenvalue weighted by Crippen LogP contribution is 1.70. The molecule has 0 aromatic rings. The summed E-state index contributed by atoms with van der Waals surface area (Å²) in [6.07, 6.45) is 1.12. The van der Waals surface area contributed by atoms with Crippen LogP contribution in [0.25, 0.3) is 0 Å². The number of carboxylic acid groups (broad SMARTS) is 2. The molecule has 0 saturated carbocycles. The number of rotatable bonds is 2. The molecule has 8 N–H and O–H groups in total. The van der Waals surface area contributed by atoms with Crippen molar-refractivity contribution < 1.29 is 36.2 Å². The van der Waals surface area contributed by atoms with Gasteiger partial charge in [-0.2, -0.15) is 0 Å². The van der Waals surface area contributed by atoms with Gasteiger partial charge in [-0.05, 0) is 0 Å². The molecule has 0 rings (SSSR count). The molecule has 0 spiro atoms.